The highest BCUT2D eigenvalue weighted by Crippen LogP contribution is 2.30. The number of aliphatic carboxylic acids is 1. The van der Waals surface area contributed by atoms with Crippen LogP contribution in [-0.4, -0.2) is 11.1 Å². The van der Waals surface area contributed by atoms with E-state index in [1.54, 1.807) is 0 Å². The zero-order chi connectivity index (χ0) is 15.1. The molecule has 106 valence electrons. The summed E-state index contributed by atoms with van der Waals surface area (Å²) in [5.74, 6) is -1.59. The van der Waals surface area contributed by atoms with Crippen molar-refractivity contribution in [1.29, 1.82) is 5.26 Å². The van der Waals surface area contributed by atoms with E-state index in [0.29, 0.717) is 6.42 Å². The Morgan fingerprint density at radius 1 is 1.05 bits per heavy atom. The molecule has 2 unspecified atom stereocenters. The van der Waals surface area contributed by atoms with Gasteiger partial charge in [-0.3, -0.25) is 4.79 Å². The number of benzene rings is 2. The van der Waals surface area contributed by atoms with Gasteiger partial charge in [0.15, 0.2) is 0 Å². The van der Waals surface area contributed by atoms with Crippen molar-refractivity contribution >= 4 is 5.97 Å². The molecule has 2 aromatic carbocycles. The van der Waals surface area contributed by atoms with Gasteiger partial charge in [-0.15, -0.1) is 0 Å². The van der Waals surface area contributed by atoms with Crippen LogP contribution in [0.15, 0.2) is 60.7 Å². The van der Waals surface area contributed by atoms with Crippen LogP contribution < -0.4 is 0 Å². The van der Waals surface area contributed by atoms with Crippen molar-refractivity contribution in [2.45, 2.75) is 18.8 Å². The van der Waals surface area contributed by atoms with Gasteiger partial charge in [-0.05, 0) is 17.5 Å². The quantitative estimate of drug-likeness (QED) is 0.878. The predicted octanol–water partition coefficient (Wildman–Crippen LogP) is 3.63. The van der Waals surface area contributed by atoms with E-state index in [1.165, 1.54) is 0 Å². The van der Waals surface area contributed by atoms with Crippen molar-refractivity contribution in [2.75, 3.05) is 0 Å². The summed E-state index contributed by atoms with van der Waals surface area (Å²) in [5, 5.41) is 18.4. The maximum atomic E-state index is 11.0. The van der Waals surface area contributed by atoms with Gasteiger partial charge in [-0.2, -0.15) is 5.26 Å². The average Bonchev–Trinajstić information content (AvgIpc) is 2.52. The molecule has 0 radical (unpaired) electrons. The van der Waals surface area contributed by atoms with E-state index in [0.717, 1.165) is 11.1 Å². The Bertz CT molecular complexity index is 617. The Morgan fingerprint density at radius 3 is 2.14 bits per heavy atom. The molecule has 0 aromatic heterocycles. The number of rotatable bonds is 6. The Kier molecular flexibility index (Phi) is 5.11. The minimum absolute atomic E-state index is 0.116. The third-order valence-corrected chi connectivity index (χ3v) is 3.57. The minimum atomic E-state index is -0.935. The highest BCUT2D eigenvalue weighted by atomic mass is 16.4. The van der Waals surface area contributed by atoms with E-state index >= 15 is 0 Å². The first-order valence-electron chi connectivity index (χ1n) is 6.91. The molecule has 0 aliphatic rings. The molecule has 0 spiro atoms. The molecular formula is C18H17NO2. The highest BCUT2D eigenvalue weighted by Gasteiger charge is 2.25. The van der Waals surface area contributed by atoms with Crippen LogP contribution in [0.2, 0.25) is 0 Å². The van der Waals surface area contributed by atoms with Crippen molar-refractivity contribution in [2.24, 2.45) is 5.92 Å². The van der Waals surface area contributed by atoms with Crippen LogP contribution in [0.5, 0.6) is 0 Å². The van der Waals surface area contributed by atoms with Crippen LogP contribution in [0.3, 0.4) is 0 Å². The Labute approximate surface area is 124 Å². The van der Waals surface area contributed by atoms with E-state index in [2.05, 4.69) is 6.07 Å². The zero-order valence-electron chi connectivity index (χ0n) is 11.6. The lowest BCUT2D eigenvalue weighted by molar-refractivity contribution is -0.137. The van der Waals surface area contributed by atoms with E-state index in [-0.39, 0.29) is 12.3 Å². The second-order valence-electron chi connectivity index (χ2n) is 5.04. The lowest BCUT2D eigenvalue weighted by Gasteiger charge is -2.21. The van der Waals surface area contributed by atoms with Crippen LogP contribution in [-0.2, 0) is 11.2 Å². The van der Waals surface area contributed by atoms with Crippen molar-refractivity contribution < 1.29 is 9.90 Å². The van der Waals surface area contributed by atoms with E-state index < -0.39 is 11.9 Å². The lowest BCUT2D eigenvalue weighted by Crippen LogP contribution is -2.17. The molecule has 0 saturated carbocycles. The average molecular weight is 279 g/mol. The van der Waals surface area contributed by atoms with Gasteiger partial charge in [0.1, 0.15) is 0 Å². The maximum absolute atomic E-state index is 11.0. The molecule has 0 aliphatic heterocycles. The van der Waals surface area contributed by atoms with Crippen molar-refractivity contribution in [3.63, 3.8) is 0 Å². The normalized spacial score (nSPS) is 13.1. The highest BCUT2D eigenvalue weighted by molar-refractivity contribution is 5.67. The van der Waals surface area contributed by atoms with Gasteiger partial charge in [0, 0.05) is 5.92 Å². The summed E-state index contributed by atoms with van der Waals surface area (Å²) in [6.07, 6.45) is 0.527. The van der Waals surface area contributed by atoms with E-state index in [9.17, 15) is 10.1 Å². The molecule has 0 amide bonds. The fraction of sp³-hybridized carbons (Fsp3) is 0.222. The van der Waals surface area contributed by atoms with Gasteiger partial charge in [-0.25, -0.2) is 0 Å². The van der Waals surface area contributed by atoms with Crippen molar-refractivity contribution in [3.8, 4) is 6.07 Å². The van der Waals surface area contributed by atoms with E-state index in [4.69, 9.17) is 5.11 Å². The molecule has 1 N–H and O–H groups in total. The molecule has 2 atom stereocenters. The van der Waals surface area contributed by atoms with Crippen LogP contribution in [0.1, 0.15) is 23.5 Å². The Hall–Kier alpha value is -2.60. The predicted molar refractivity (Wildman–Crippen MR) is 80.7 cm³/mol. The fourth-order valence-electron chi connectivity index (χ4n) is 2.53. The maximum Gasteiger partial charge on any atom is 0.304 e. The summed E-state index contributed by atoms with van der Waals surface area (Å²) < 4.78 is 0. The number of nitriles is 1. The molecule has 3 nitrogen and oxygen atoms in total. The molecule has 3 heteroatoms. The van der Waals surface area contributed by atoms with Crippen LogP contribution in [0.4, 0.5) is 0 Å². The topological polar surface area (TPSA) is 61.1 Å². The van der Waals surface area contributed by atoms with Crippen molar-refractivity contribution in [1.82, 2.24) is 0 Å². The van der Waals surface area contributed by atoms with Gasteiger partial charge in [-0.1, -0.05) is 60.7 Å². The molecule has 0 saturated heterocycles. The molecule has 0 bridgehead atoms. The monoisotopic (exact) mass is 279 g/mol. The fourth-order valence-corrected chi connectivity index (χ4v) is 2.53. The SMILES string of the molecule is N#CC(CC(=O)O)C(Cc1ccccc1)c1ccccc1. The van der Waals surface area contributed by atoms with Crippen LogP contribution >= 0.6 is 0 Å². The Morgan fingerprint density at radius 2 is 1.62 bits per heavy atom. The van der Waals surface area contributed by atoms with Gasteiger partial charge in [0.25, 0.3) is 0 Å². The number of hydrogen-bond donors (Lipinski definition) is 1. The van der Waals surface area contributed by atoms with Gasteiger partial charge < -0.3 is 5.11 Å². The van der Waals surface area contributed by atoms with Crippen LogP contribution in [0, 0.1) is 17.2 Å². The summed E-state index contributed by atoms with van der Waals surface area (Å²) in [6, 6.07) is 21.7. The molecule has 0 fully saturated rings. The van der Waals surface area contributed by atoms with Gasteiger partial charge in [0.2, 0.25) is 0 Å². The second kappa shape index (κ2) is 7.25. The number of carbonyl (C=O) groups is 1. The summed E-state index contributed by atoms with van der Waals surface area (Å²) in [5.41, 5.74) is 2.12. The Balaban J connectivity index is 2.30. The van der Waals surface area contributed by atoms with Gasteiger partial charge in [0.05, 0.1) is 18.4 Å². The summed E-state index contributed by atoms with van der Waals surface area (Å²) in [4.78, 5) is 11.0. The first-order valence-corrected chi connectivity index (χ1v) is 6.91. The number of hydrogen-bond acceptors (Lipinski definition) is 2. The molecule has 21 heavy (non-hydrogen) atoms. The van der Waals surface area contributed by atoms with Crippen molar-refractivity contribution in [3.05, 3.63) is 71.8 Å². The number of carboxylic acid groups (broad SMARTS) is 1. The van der Waals surface area contributed by atoms with Gasteiger partial charge >= 0.3 is 5.97 Å². The smallest absolute Gasteiger partial charge is 0.304 e. The third kappa shape index (κ3) is 4.19. The first-order chi connectivity index (χ1) is 10.2. The summed E-state index contributed by atoms with van der Waals surface area (Å²) >= 11 is 0. The third-order valence-electron chi connectivity index (χ3n) is 3.57. The minimum Gasteiger partial charge on any atom is -0.481 e. The second-order valence-corrected chi connectivity index (χ2v) is 5.04. The molecule has 0 aliphatic carbocycles. The molecule has 2 aromatic rings. The number of carboxylic acids is 1. The molecule has 2 rings (SSSR count). The zero-order valence-corrected chi connectivity index (χ0v) is 11.6. The first kappa shape index (κ1) is 14.8. The molecular weight excluding hydrogens is 262 g/mol. The number of nitrogens with zero attached hydrogens (tertiary/aromatic N) is 1. The summed E-state index contributed by atoms with van der Waals surface area (Å²) in [6.45, 7) is 0. The molecule has 0 heterocycles. The van der Waals surface area contributed by atoms with Crippen LogP contribution in [0.25, 0.3) is 0 Å². The standard InChI is InChI=1S/C18H17NO2/c19-13-16(12-18(20)21)17(15-9-5-2-6-10-15)11-14-7-3-1-4-8-14/h1-10,16-17H,11-12H2,(H,20,21). The lowest BCUT2D eigenvalue weighted by atomic mass is 9.80. The largest absolute Gasteiger partial charge is 0.481 e. The summed E-state index contributed by atoms with van der Waals surface area (Å²) in [7, 11) is 0. The van der Waals surface area contributed by atoms with E-state index in [1.807, 2.05) is 60.7 Å².